The number of hydrogen-bond donors (Lipinski definition) is 1. The van der Waals surface area contributed by atoms with Crippen molar-refractivity contribution in [1.82, 2.24) is 0 Å². The van der Waals surface area contributed by atoms with E-state index in [4.69, 9.17) is 11.6 Å². The second-order valence-electron chi connectivity index (χ2n) is 7.26. The number of nitrogens with zero attached hydrogens (tertiary/aromatic N) is 1. The maximum Gasteiger partial charge on any atom is 0.282 e. The second-order valence-corrected chi connectivity index (χ2v) is 8.64. The first-order valence-corrected chi connectivity index (χ1v) is 11.0. The lowest BCUT2D eigenvalue weighted by atomic mass is 10.1. The molecule has 1 N–H and O–H groups in total. The summed E-state index contributed by atoms with van der Waals surface area (Å²) in [6, 6.07) is 22.5. The van der Waals surface area contributed by atoms with Gasteiger partial charge in [-0.25, -0.2) is 4.90 Å². The number of aryl methyl sites for hydroxylation is 1. The van der Waals surface area contributed by atoms with Gasteiger partial charge in [-0.05, 0) is 47.5 Å². The predicted octanol–water partition coefficient (Wildman–Crippen LogP) is 6.26. The molecule has 0 saturated carbocycles. The fraction of sp³-hybridized carbons (Fsp3) is 0.0400. The van der Waals surface area contributed by atoms with Gasteiger partial charge in [0.2, 0.25) is 0 Å². The molecule has 0 spiro atoms. The highest BCUT2D eigenvalue weighted by atomic mass is 35.5. The van der Waals surface area contributed by atoms with Crippen LogP contribution in [0.4, 0.5) is 11.4 Å². The third-order valence-corrected chi connectivity index (χ3v) is 6.44. The largest absolute Gasteiger partial charge is 0.350 e. The van der Waals surface area contributed by atoms with Crippen LogP contribution in [0, 0.1) is 6.92 Å². The summed E-state index contributed by atoms with van der Waals surface area (Å²) >= 11 is 7.60. The molecule has 31 heavy (non-hydrogen) atoms. The maximum atomic E-state index is 13.6. The van der Waals surface area contributed by atoms with E-state index in [1.165, 1.54) is 16.2 Å². The Labute approximate surface area is 188 Å². The number of halogens is 1. The summed E-state index contributed by atoms with van der Waals surface area (Å²) in [6.45, 7) is 1.92. The van der Waals surface area contributed by atoms with E-state index in [-0.39, 0.29) is 17.5 Å². The molecule has 0 aliphatic carbocycles. The SMILES string of the molecule is Cc1ccc(Cl)cc1NC1=C(c2cccs2)C(=O)N(c2cccc3ccccc23)C1=O. The molecular formula is C25H17ClN2O2S. The monoisotopic (exact) mass is 444 g/mol. The molecule has 4 nitrogen and oxygen atoms in total. The smallest absolute Gasteiger partial charge is 0.282 e. The molecule has 3 aromatic carbocycles. The zero-order valence-corrected chi connectivity index (χ0v) is 18.1. The molecular weight excluding hydrogens is 428 g/mol. The highest BCUT2D eigenvalue weighted by Gasteiger charge is 2.41. The van der Waals surface area contributed by atoms with Gasteiger partial charge in [0, 0.05) is 21.0 Å². The minimum Gasteiger partial charge on any atom is -0.350 e. The summed E-state index contributed by atoms with van der Waals surface area (Å²) in [4.78, 5) is 29.2. The molecule has 0 fully saturated rings. The van der Waals surface area contributed by atoms with Crippen molar-refractivity contribution in [1.29, 1.82) is 0 Å². The Hall–Kier alpha value is -3.41. The molecule has 1 aromatic heterocycles. The third-order valence-electron chi connectivity index (χ3n) is 5.32. The molecule has 6 heteroatoms. The number of fused-ring (bicyclic) bond motifs is 1. The Morgan fingerprint density at radius 3 is 2.52 bits per heavy atom. The van der Waals surface area contributed by atoms with E-state index >= 15 is 0 Å². The van der Waals surface area contributed by atoms with E-state index in [0.717, 1.165) is 21.2 Å². The number of thiophene rings is 1. The normalized spacial score (nSPS) is 14.1. The Balaban J connectivity index is 1.66. The van der Waals surface area contributed by atoms with Crippen molar-refractivity contribution in [2.75, 3.05) is 10.2 Å². The van der Waals surface area contributed by atoms with Gasteiger partial charge in [-0.15, -0.1) is 11.3 Å². The van der Waals surface area contributed by atoms with Crippen LogP contribution in [0.2, 0.25) is 5.02 Å². The van der Waals surface area contributed by atoms with Gasteiger partial charge in [-0.1, -0.05) is 60.1 Å². The maximum absolute atomic E-state index is 13.6. The molecule has 1 aliphatic rings. The van der Waals surface area contributed by atoms with Crippen LogP contribution in [0.5, 0.6) is 0 Å². The predicted molar refractivity (Wildman–Crippen MR) is 127 cm³/mol. The number of nitrogens with one attached hydrogen (secondary N) is 1. The highest BCUT2D eigenvalue weighted by Crippen LogP contribution is 2.38. The molecule has 0 saturated heterocycles. The van der Waals surface area contributed by atoms with Crippen molar-refractivity contribution in [3.63, 3.8) is 0 Å². The van der Waals surface area contributed by atoms with Gasteiger partial charge in [0.15, 0.2) is 0 Å². The van der Waals surface area contributed by atoms with Crippen LogP contribution in [0.3, 0.4) is 0 Å². The first-order valence-electron chi connectivity index (χ1n) is 9.72. The van der Waals surface area contributed by atoms with Gasteiger partial charge in [-0.2, -0.15) is 0 Å². The summed E-state index contributed by atoms with van der Waals surface area (Å²) in [5, 5.41) is 7.46. The van der Waals surface area contributed by atoms with E-state index in [9.17, 15) is 9.59 Å². The van der Waals surface area contributed by atoms with Gasteiger partial charge in [0.05, 0.1) is 11.3 Å². The molecule has 5 rings (SSSR count). The van der Waals surface area contributed by atoms with Crippen molar-refractivity contribution in [3.05, 3.63) is 99.3 Å². The zero-order valence-electron chi connectivity index (χ0n) is 16.6. The van der Waals surface area contributed by atoms with Gasteiger partial charge in [-0.3, -0.25) is 9.59 Å². The average molecular weight is 445 g/mol. The van der Waals surface area contributed by atoms with E-state index in [1.54, 1.807) is 18.2 Å². The van der Waals surface area contributed by atoms with Gasteiger partial charge >= 0.3 is 0 Å². The van der Waals surface area contributed by atoms with Crippen LogP contribution in [-0.4, -0.2) is 11.8 Å². The molecule has 0 radical (unpaired) electrons. The van der Waals surface area contributed by atoms with Crippen molar-refractivity contribution >= 4 is 62.5 Å². The third kappa shape index (κ3) is 3.32. The minimum atomic E-state index is -0.385. The second kappa shape index (κ2) is 7.69. The zero-order chi connectivity index (χ0) is 21.5. The Bertz CT molecular complexity index is 1370. The fourth-order valence-corrected chi connectivity index (χ4v) is 4.72. The lowest BCUT2D eigenvalue weighted by molar-refractivity contribution is -0.120. The quantitative estimate of drug-likeness (QED) is 0.378. The number of carbonyl (C=O) groups excluding carboxylic acids is 2. The molecule has 2 amide bonds. The van der Waals surface area contributed by atoms with E-state index in [1.807, 2.05) is 66.9 Å². The lowest BCUT2D eigenvalue weighted by Crippen LogP contribution is -2.32. The molecule has 152 valence electrons. The summed E-state index contributed by atoms with van der Waals surface area (Å²) in [7, 11) is 0. The number of hydrogen-bond acceptors (Lipinski definition) is 4. The van der Waals surface area contributed by atoms with Crippen LogP contribution in [-0.2, 0) is 9.59 Å². The van der Waals surface area contributed by atoms with Crippen LogP contribution in [0.15, 0.2) is 83.9 Å². The topological polar surface area (TPSA) is 49.4 Å². The molecule has 2 heterocycles. The van der Waals surface area contributed by atoms with Crippen LogP contribution < -0.4 is 10.2 Å². The Kier molecular flexibility index (Phi) is 4.85. The minimum absolute atomic E-state index is 0.255. The molecule has 0 atom stereocenters. The van der Waals surface area contributed by atoms with E-state index < -0.39 is 0 Å². The fourth-order valence-electron chi connectivity index (χ4n) is 3.78. The molecule has 0 bridgehead atoms. The Morgan fingerprint density at radius 2 is 1.71 bits per heavy atom. The van der Waals surface area contributed by atoms with Crippen LogP contribution in [0.25, 0.3) is 16.3 Å². The van der Waals surface area contributed by atoms with Gasteiger partial charge in [0.1, 0.15) is 5.70 Å². The van der Waals surface area contributed by atoms with Crippen LogP contribution >= 0.6 is 22.9 Å². The standard InChI is InChI=1S/C25H17ClN2O2S/c1-15-11-12-17(26)14-19(15)27-23-22(21-10-5-13-31-21)24(29)28(25(23)30)20-9-4-7-16-6-2-3-8-18(16)20/h2-14,27H,1H3. The highest BCUT2D eigenvalue weighted by molar-refractivity contribution is 7.11. The summed E-state index contributed by atoms with van der Waals surface area (Å²) in [5.41, 5.74) is 2.81. The number of benzene rings is 3. The summed E-state index contributed by atoms with van der Waals surface area (Å²) in [5.74, 6) is -0.727. The van der Waals surface area contributed by atoms with Crippen LogP contribution in [0.1, 0.15) is 10.4 Å². The Morgan fingerprint density at radius 1 is 0.903 bits per heavy atom. The first kappa shape index (κ1) is 19.5. The molecule has 1 aliphatic heterocycles. The molecule has 0 unspecified atom stereocenters. The number of imide groups is 1. The van der Waals surface area contributed by atoms with Crippen molar-refractivity contribution in [3.8, 4) is 0 Å². The number of rotatable bonds is 4. The number of carbonyl (C=O) groups is 2. The van der Waals surface area contributed by atoms with E-state index in [2.05, 4.69) is 5.32 Å². The first-order chi connectivity index (χ1) is 15.0. The van der Waals surface area contributed by atoms with Gasteiger partial charge in [0.25, 0.3) is 11.8 Å². The summed E-state index contributed by atoms with van der Waals surface area (Å²) in [6.07, 6.45) is 0. The number of anilines is 2. The average Bonchev–Trinajstić information content (AvgIpc) is 3.37. The van der Waals surface area contributed by atoms with E-state index in [0.29, 0.717) is 22.0 Å². The van der Waals surface area contributed by atoms with Crippen molar-refractivity contribution in [2.24, 2.45) is 0 Å². The van der Waals surface area contributed by atoms with Crippen molar-refractivity contribution < 1.29 is 9.59 Å². The van der Waals surface area contributed by atoms with Gasteiger partial charge < -0.3 is 5.32 Å². The number of amides is 2. The molecule has 4 aromatic rings. The van der Waals surface area contributed by atoms with Crippen molar-refractivity contribution in [2.45, 2.75) is 6.92 Å². The summed E-state index contributed by atoms with van der Waals surface area (Å²) < 4.78 is 0. The lowest BCUT2D eigenvalue weighted by Gasteiger charge is -2.18.